The predicted molar refractivity (Wildman–Crippen MR) is 196 cm³/mol. The zero-order valence-corrected chi connectivity index (χ0v) is 35.0. The van der Waals surface area contributed by atoms with Gasteiger partial charge in [0.25, 0.3) is 0 Å². The SMILES string of the molecule is O=CCNc1ccc(N=Nc2c(S(=O)(=O)[O-])cc3ccc(NC(=O)Nc4ccc5c(O)c(N=Nc6ccccc6)c(S(=O)(=O)[O-])cc5c4)cc3c2O)cc1.[Na+].[Na+]. The zero-order valence-electron chi connectivity index (χ0n) is 29.4. The third-order valence-corrected chi connectivity index (χ3v) is 9.40. The van der Waals surface area contributed by atoms with Crippen LogP contribution in [0.25, 0.3) is 21.5 Å². The van der Waals surface area contributed by atoms with Crippen LogP contribution in [0.4, 0.5) is 44.6 Å². The molecule has 0 aliphatic rings. The number of aromatic hydroxyl groups is 2. The van der Waals surface area contributed by atoms with E-state index in [0.717, 1.165) is 12.1 Å². The topological polar surface area (TPSA) is 275 Å². The molecule has 0 aliphatic carbocycles. The van der Waals surface area contributed by atoms with Crippen LogP contribution in [0.2, 0.25) is 0 Å². The molecule has 0 aliphatic heterocycles. The molecule has 0 heterocycles. The molecular formula is C35H25N7Na2O10S2. The number of phenolic OH excluding ortho intramolecular Hbond substituents is 2. The fourth-order valence-electron chi connectivity index (χ4n) is 5.23. The van der Waals surface area contributed by atoms with Crippen LogP contribution in [0.5, 0.6) is 11.5 Å². The largest absolute Gasteiger partial charge is 1.00 e. The standard InChI is InChI=1S/C35H27N7O10S2.2Na/c43-15-14-36-22-8-10-24(11-9-22)40-42-32-29(53(47,48)49)17-20-6-7-26(19-28(20)34(32)45)38-35(46)37-25-12-13-27-21(16-25)18-30(54(50,51)52)31(33(27)44)41-39-23-4-2-1-3-5-23;;/h1-13,15-19,36,44-45H,14H2,(H2,37,38,46)(H,47,48,49)(H,50,51,52);;/q;2*+1/p-2. The van der Waals surface area contributed by atoms with Gasteiger partial charge in [0.2, 0.25) is 0 Å². The van der Waals surface area contributed by atoms with Gasteiger partial charge in [-0.1, -0.05) is 24.3 Å². The number of hydrogen-bond donors (Lipinski definition) is 5. The summed E-state index contributed by atoms with van der Waals surface area (Å²) in [5, 5.41) is 45.7. The molecule has 21 heteroatoms. The van der Waals surface area contributed by atoms with Gasteiger partial charge in [0, 0.05) is 27.8 Å². The molecule has 274 valence electrons. The van der Waals surface area contributed by atoms with Crippen LogP contribution in [-0.4, -0.2) is 55.0 Å². The van der Waals surface area contributed by atoms with E-state index in [1.165, 1.54) is 48.5 Å². The Labute approximate surface area is 363 Å². The Balaban J connectivity index is 0.00000348. The number of phenols is 2. The fraction of sp³-hybridized carbons (Fsp3) is 0.0286. The number of nitrogens with zero attached hydrogens (tertiary/aromatic N) is 4. The maximum absolute atomic E-state index is 13.0. The van der Waals surface area contributed by atoms with Crippen LogP contribution in [-0.2, 0) is 25.0 Å². The molecule has 0 saturated heterocycles. The number of urea groups is 1. The van der Waals surface area contributed by atoms with Gasteiger partial charge < -0.3 is 40.1 Å². The first-order valence-corrected chi connectivity index (χ1v) is 18.3. The van der Waals surface area contributed by atoms with E-state index in [9.17, 15) is 45.7 Å². The molecule has 6 aromatic rings. The molecule has 0 aromatic heterocycles. The van der Waals surface area contributed by atoms with Crippen molar-refractivity contribution in [1.29, 1.82) is 0 Å². The molecule has 0 radical (unpaired) electrons. The van der Waals surface area contributed by atoms with E-state index in [-0.39, 0.29) is 104 Å². The Morgan fingerprint density at radius 3 is 1.68 bits per heavy atom. The summed E-state index contributed by atoms with van der Waals surface area (Å²) in [5.41, 5.74) is 0.220. The smallest absolute Gasteiger partial charge is 0.744 e. The molecule has 0 atom stereocenters. The molecular weight excluding hydrogens is 789 g/mol. The summed E-state index contributed by atoms with van der Waals surface area (Å²) in [6.45, 7) is 0.0772. The van der Waals surface area contributed by atoms with E-state index in [2.05, 4.69) is 36.4 Å². The Bertz CT molecular complexity index is 2740. The van der Waals surface area contributed by atoms with Gasteiger partial charge >= 0.3 is 65.1 Å². The van der Waals surface area contributed by atoms with Gasteiger partial charge in [0.15, 0.2) is 11.5 Å². The molecule has 6 aromatic carbocycles. The Hall–Kier alpha value is -4.80. The van der Waals surface area contributed by atoms with Crippen LogP contribution in [0, 0.1) is 0 Å². The molecule has 2 amide bonds. The van der Waals surface area contributed by atoms with Crippen LogP contribution < -0.4 is 75.1 Å². The summed E-state index contributed by atoms with van der Waals surface area (Å²) in [5.74, 6) is -1.33. The summed E-state index contributed by atoms with van der Waals surface area (Å²) in [6.07, 6.45) is 0.675. The van der Waals surface area contributed by atoms with Gasteiger partial charge in [-0.3, -0.25) is 0 Å². The monoisotopic (exact) mass is 813 g/mol. The molecule has 0 unspecified atom stereocenters. The average molecular weight is 814 g/mol. The van der Waals surface area contributed by atoms with Crippen LogP contribution in [0.1, 0.15) is 0 Å². The fourth-order valence-corrected chi connectivity index (χ4v) is 6.52. The molecule has 17 nitrogen and oxygen atoms in total. The second kappa shape index (κ2) is 18.4. The van der Waals surface area contributed by atoms with Crippen LogP contribution >= 0.6 is 0 Å². The number of benzene rings is 6. The first-order valence-electron chi connectivity index (χ1n) is 15.5. The maximum atomic E-state index is 13.0. The van der Waals surface area contributed by atoms with E-state index in [1.54, 1.807) is 42.5 Å². The predicted octanol–water partition coefficient (Wildman–Crippen LogP) is 1.31. The maximum Gasteiger partial charge on any atom is 1.00 e. The van der Waals surface area contributed by atoms with Gasteiger partial charge in [-0.25, -0.2) is 21.6 Å². The quantitative estimate of drug-likeness (QED) is 0.0538. The minimum absolute atomic E-state index is 0. The minimum Gasteiger partial charge on any atom is -0.744 e. The van der Waals surface area contributed by atoms with Crippen molar-refractivity contribution >= 4 is 93.9 Å². The Kier molecular flexibility index (Phi) is 14.5. The normalized spacial score (nSPS) is 11.6. The Morgan fingerprint density at radius 1 is 0.607 bits per heavy atom. The van der Waals surface area contributed by atoms with Gasteiger partial charge in [-0.15, -0.1) is 10.2 Å². The minimum atomic E-state index is -5.15. The number of carbonyl (C=O) groups is 2. The summed E-state index contributed by atoms with van der Waals surface area (Å²) >= 11 is 0. The van der Waals surface area contributed by atoms with Crippen molar-refractivity contribution in [1.82, 2.24) is 0 Å². The zero-order chi connectivity index (χ0) is 38.6. The summed E-state index contributed by atoms with van der Waals surface area (Å²) in [7, 11) is -10.3. The van der Waals surface area contributed by atoms with Crippen molar-refractivity contribution in [2.24, 2.45) is 20.5 Å². The van der Waals surface area contributed by atoms with Crippen LogP contribution in [0.3, 0.4) is 0 Å². The second-order valence-corrected chi connectivity index (χ2v) is 14.0. The number of hydrogen-bond acceptors (Lipinski definition) is 15. The third kappa shape index (κ3) is 10.3. The summed E-state index contributed by atoms with van der Waals surface area (Å²) in [6, 6.07) is 23.7. The number of fused-ring (bicyclic) bond motifs is 2. The van der Waals surface area contributed by atoms with E-state index in [1.807, 2.05) is 0 Å². The molecule has 5 N–H and O–H groups in total. The molecule has 0 bridgehead atoms. The van der Waals surface area contributed by atoms with Crippen molar-refractivity contribution in [2.45, 2.75) is 9.79 Å². The van der Waals surface area contributed by atoms with Crippen LogP contribution in [0.15, 0.2) is 133 Å². The van der Waals surface area contributed by atoms with Gasteiger partial charge in [-0.2, -0.15) is 10.2 Å². The average Bonchev–Trinajstić information content (AvgIpc) is 3.13. The molecule has 56 heavy (non-hydrogen) atoms. The number of amides is 2. The number of rotatable bonds is 11. The first kappa shape index (κ1) is 43.9. The van der Waals surface area contributed by atoms with Crippen molar-refractivity contribution in [3.63, 3.8) is 0 Å². The number of aldehydes is 1. The first-order chi connectivity index (χ1) is 25.7. The summed E-state index contributed by atoms with van der Waals surface area (Å²) < 4.78 is 72.8. The number of nitrogens with one attached hydrogen (secondary N) is 3. The van der Waals surface area contributed by atoms with Crippen molar-refractivity contribution in [2.75, 3.05) is 22.5 Å². The van der Waals surface area contributed by atoms with Crippen molar-refractivity contribution in [3.05, 3.63) is 103 Å². The second-order valence-electron chi connectivity index (χ2n) is 11.3. The van der Waals surface area contributed by atoms with E-state index < -0.39 is 58.9 Å². The number of anilines is 3. The Morgan fingerprint density at radius 2 is 1.11 bits per heavy atom. The third-order valence-electron chi connectivity index (χ3n) is 7.70. The van der Waals surface area contributed by atoms with Crippen molar-refractivity contribution < 1.29 is 105 Å². The van der Waals surface area contributed by atoms with E-state index >= 15 is 0 Å². The van der Waals surface area contributed by atoms with E-state index in [4.69, 9.17) is 0 Å². The number of carbonyl (C=O) groups excluding carboxylic acids is 2. The summed E-state index contributed by atoms with van der Waals surface area (Å²) in [4.78, 5) is 21.9. The number of azo groups is 2. The molecule has 0 saturated carbocycles. The van der Waals surface area contributed by atoms with Gasteiger partial charge in [0.05, 0.1) is 27.7 Å². The van der Waals surface area contributed by atoms with E-state index in [0.29, 0.717) is 17.7 Å². The molecule has 0 spiro atoms. The molecule has 0 fully saturated rings. The van der Waals surface area contributed by atoms with Gasteiger partial charge in [0.1, 0.15) is 37.9 Å². The van der Waals surface area contributed by atoms with Gasteiger partial charge in [-0.05, 0) is 89.6 Å². The molecule has 6 rings (SSSR count). The van der Waals surface area contributed by atoms with Crippen molar-refractivity contribution in [3.8, 4) is 11.5 Å².